The van der Waals surface area contributed by atoms with Crippen LogP contribution in [0.15, 0.2) is 24.3 Å². The summed E-state index contributed by atoms with van der Waals surface area (Å²) in [5, 5.41) is 1.04. The lowest BCUT2D eigenvalue weighted by Crippen LogP contribution is -1.97. The Bertz CT molecular complexity index is 627. The zero-order valence-corrected chi connectivity index (χ0v) is 11.9. The lowest BCUT2D eigenvalue weighted by molar-refractivity contribution is 0.455. The van der Waals surface area contributed by atoms with Crippen molar-refractivity contribution in [2.45, 2.75) is 25.7 Å². The zero-order chi connectivity index (χ0) is 13.4. The van der Waals surface area contributed by atoms with Gasteiger partial charge in [0.15, 0.2) is 0 Å². The van der Waals surface area contributed by atoms with E-state index in [1.54, 1.807) is 12.1 Å². The molecule has 0 bridgehead atoms. The summed E-state index contributed by atoms with van der Waals surface area (Å²) in [5.74, 6) is 2.35. The molecule has 98 valence electrons. The second kappa shape index (κ2) is 4.99. The number of aryl methyl sites for hydroxylation is 1. The molecule has 1 aliphatic rings. The van der Waals surface area contributed by atoms with Crippen molar-refractivity contribution < 1.29 is 4.74 Å². The van der Waals surface area contributed by atoms with Crippen molar-refractivity contribution in [3.63, 3.8) is 0 Å². The molecule has 0 saturated heterocycles. The first kappa shape index (κ1) is 12.7. The molecule has 0 atom stereocenters. The number of hydrogen-bond acceptors (Lipinski definition) is 3. The van der Waals surface area contributed by atoms with Crippen LogP contribution in [0.4, 0.5) is 0 Å². The molecule has 0 aliphatic heterocycles. The molecule has 1 saturated carbocycles. The van der Waals surface area contributed by atoms with E-state index in [1.807, 2.05) is 19.1 Å². The lowest BCUT2D eigenvalue weighted by atomic mass is 10.2. The first-order valence-electron chi connectivity index (χ1n) is 6.10. The topological polar surface area (TPSA) is 35.0 Å². The van der Waals surface area contributed by atoms with Crippen molar-refractivity contribution in [2.75, 3.05) is 0 Å². The SMILES string of the molecule is Cc1ccc(Cl)cc1Oc1cc(Cl)nc(C2CC2)n1. The van der Waals surface area contributed by atoms with Gasteiger partial charge in [-0.15, -0.1) is 0 Å². The molecule has 0 spiro atoms. The molecule has 0 unspecified atom stereocenters. The van der Waals surface area contributed by atoms with Gasteiger partial charge in [-0.2, -0.15) is 4.98 Å². The van der Waals surface area contributed by atoms with Gasteiger partial charge in [-0.1, -0.05) is 29.3 Å². The van der Waals surface area contributed by atoms with Crippen LogP contribution in [0.3, 0.4) is 0 Å². The number of benzene rings is 1. The first-order chi connectivity index (χ1) is 9.11. The molecule has 19 heavy (non-hydrogen) atoms. The van der Waals surface area contributed by atoms with Crippen molar-refractivity contribution in [3.05, 3.63) is 45.8 Å². The second-order valence-corrected chi connectivity index (χ2v) is 5.50. The number of hydrogen-bond donors (Lipinski definition) is 0. The van der Waals surface area contributed by atoms with E-state index >= 15 is 0 Å². The Balaban J connectivity index is 1.92. The molecular weight excluding hydrogens is 283 g/mol. The lowest BCUT2D eigenvalue weighted by Gasteiger charge is -2.09. The quantitative estimate of drug-likeness (QED) is 0.766. The van der Waals surface area contributed by atoms with E-state index in [2.05, 4.69) is 9.97 Å². The van der Waals surface area contributed by atoms with E-state index in [4.69, 9.17) is 27.9 Å². The van der Waals surface area contributed by atoms with Gasteiger partial charge in [0.2, 0.25) is 5.88 Å². The molecule has 1 fully saturated rings. The van der Waals surface area contributed by atoms with Crippen LogP contribution in [0.25, 0.3) is 0 Å². The third-order valence-electron chi connectivity index (χ3n) is 3.00. The summed E-state index contributed by atoms with van der Waals surface area (Å²) in [6.45, 7) is 1.95. The molecule has 3 nitrogen and oxygen atoms in total. The van der Waals surface area contributed by atoms with Crippen LogP contribution in [0.5, 0.6) is 11.6 Å². The fourth-order valence-corrected chi connectivity index (χ4v) is 2.13. The minimum absolute atomic E-state index is 0.409. The number of aromatic nitrogens is 2. The van der Waals surface area contributed by atoms with E-state index in [0.29, 0.717) is 27.7 Å². The van der Waals surface area contributed by atoms with Gasteiger partial charge in [0.05, 0.1) is 0 Å². The molecule has 2 aromatic rings. The minimum Gasteiger partial charge on any atom is -0.439 e. The number of nitrogens with zero attached hydrogens (tertiary/aromatic N) is 2. The zero-order valence-electron chi connectivity index (χ0n) is 10.4. The van der Waals surface area contributed by atoms with Gasteiger partial charge in [-0.05, 0) is 37.5 Å². The van der Waals surface area contributed by atoms with Crippen molar-refractivity contribution in [1.82, 2.24) is 9.97 Å². The Morgan fingerprint density at radius 2 is 1.95 bits per heavy atom. The normalized spacial score (nSPS) is 14.5. The van der Waals surface area contributed by atoms with Gasteiger partial charge < -0.3 is 4.74 Å². The van der Waals surface area contributed by atoms with E-state index in [1.165, 1.54) is 0 Å². The van der Waals surface area contributed by atoms with E-state index in [9.17, 15) is 0 Å². The maximum Gasteiger partial charge on any atom is 0.224 e. The van der Waals surface area contributed by atoms with Crippen LogP contribution in [0, 0.1) is 6.92 Å². The van der Waals surface area contributed by atoms with Gasteiger partial charge in [0.25, 0.3) is 0 Å². The smallest absolute Gasteiger partial charge is 0.224 e. The molecule has 1 aromatic heterocycles. The summed E-state index contributed by atoms with van der Waals surface area (Å²) < 4.78 is 5.77. The van der Waals surface area contributed by atoms with Crippen LogP contribution >= 0.6 is 23.2 Å². The Kier molecular flexibility index (Phi) is 3.33. The standard InChI is InChI=1S/C14H12Cl2N2O/c1-8-2-5-10(15)6-11(8)19-13-7-12(16)17-14(18-13)9-3-4-9/h2,5-7,9H,3-4H2,1H3. The second-order valence-electron chi connectivity index (χ2n) is 4.67. The van der Waals surface area contributed by atoms with E-state index < -0.39 is 0 Å². The predicted octanol–water partition coefficient (Wildman–Crippen LogP) is 4.76. The summed E-state index contributed by atoms with van der Waals surface area (Å²) >= 11 is 12.0. The largest absolute Gasteiger partial charge is 0.439 e. The Morgan fingerprint density at radius 3 is 2.68 bits per heavy atom. The summed E-state index contributed by atoms with van der Waals surface area (Å²) in [4.78, 5) is 8.63. The highest BCUT2D eigenvalue weighted by atomic mass is 35.5. The maximum atomic E-state index is 6.00. The monoisotopic (exact) mass is 294 g/mol. The summed E-state index contributed by atoms with van der Waals surface area (Å²) in [5.41, 5.74) is 0.993. The summed E-state index contributed by atoms with van der Waals surface area (Å²) in [6, 6.07) is 7.12. The van der Waals surface area contributed by atoms with E-state index in [0.717, 1.165) is 24.2 Å². The van der Waals surface area contributed by atoms with Crippen molar-refractivity contribution in [1.29, 1.82) is 0 Å². The Morgan fingerprint density at radius 1 is 1.16 bits per heavy atom. The average molecular weight is 295 g/mol. The third-order valence-corrected chi connectivity index (χ3v) is 3.42. The van der Waals surface area contributed by atoms with Crippen LogP contribution in [0.1, 0.15) is 30.1 Å². The number of halogens is 2. The highest BCUT2D eigenvalue weighted by Crippen LogP contribution is 2.39. The van der Waals surface area contributed by atoms with Crippen molar-refractivity contribution >= 4 is 23.2 Å². The van der Waals surface area contributed by atoms with Gasteiger partial charge in [0, 0.05) is 17.0 Å². The fraction of sp³-hybridized carbons (Fsp3) is 0.286. The fourth-order valence-electron chi connectivity index (χ4n) is 1.79. The van der Waals surface area contributed by atoms with Gasteiger partial charge in [-0.25, -0.2) is 4.98 Å². The van der Waals surface area contributed by atoms with Crippen LogP contribution in [0.2, 0.25) is 10.2 Å². The Hall–Kier alpha value is -1.32. The Labute approximate surface area is 121 Å². The van der Waals surface area contributed by atoms with Crippen LogP contribution < -0.4 is 4.74 Å². The molecule has 5 heteroatoms. The minimum atomic E-state index is 0.409. The molecule has 1 heterocycles. The molecule has 0 amide bonds. The average Bonchev–Trinajstić information content (AvgIpc) is 3.17. The molecular formula is C14H12Cl2N2O. The molecule has 0 N–H and O–H groups in total. The highest BCUT2D eigenvalue weighted by molar-refractivity contribution is 6.30. The van der Waals surface area contributed by atoms with Gasteiger partial charge >= 0.3 is 0 Å². The van der Waals surface area contributed by atoms with Crippen LogP contribution in [-0.2, 0) is 0 Å². The molecule has 0 radical (unpaired) electrons. The summed E-state index contributed by atoms with van der Waals surface area (Å²) in [6.07, 6.45) is 2.24. The molecule has 1 aromatic carbocycles. The van der Waals surface area contributed by atoms with Crippen LogP contribution in [-0.4, -0.2) is 9.97 Å². The maximum absolute atomic E-state index is 6.00. The number of ether oxygens (including phenoxy) is 1. The van der Waals surface area contributed by atoms with Crippen molar-refractivity contribution in [3.8, 4) is 11.6 Å². The molecule has 1 aliphatic carbocycles. The highest BCUT2D eigenvalue weighted by Gasteiger charge is 2.27. The van der Waals surface area contributed by atoms with Gasteiger partial charge in [0.1, 0.15) is 16.7 Å². The van der Waals surface area contributed by atoms with E-state index in [-0.39, 0.29) is 0 Å². The number of rotatable bonds is 3. The summed E-state index contributed by atoms with van der Waals surface area (Å²) in [7, 11) is 0. The molecule has 3 rings (SSSR count). The van der Waals surface area contributed by atoms with Crippen molar-refractivity contribution in [2.24, 2.45) is 0 Å². The predicted molar refractivity (Wildman–Crippen MR) is 75.3 cm³/mol. The first-order valence-corrected chi connectivity index (χ1v) is 6.86. The third kappa shape index (κ3) is 2.99. The van der Waals surface area contributed by atoms with Gasteiger partial charge in [-0.3, -0.25) is 0 Å².